The third kappa shape index (κ3) is 4.17. The standard InChI is InChI=1S/C28H48O2/c1-20(2)7-5-6-8-21-10-12-25-24-11-9-22-19-23(30-18-17-29)13-15-28(22,4)26(24)14-16-27(21,25)3/h9,20-21,23-26,29H,5-8,10-19H2,1-4H3/t21-,23-,24-,25-,26-,27+,28-/m0/s1. The number of ether oxygens (including phenoxy) is 1. The lowest BCUT2D eigenvalue weighted by atomic mass is 9.47. The van der Waals surface area contributed by atoms with E-state index in [0.717, 1.165) is 36.0 Å². The molecule has 0 aromatic rings. The van der Waals surface area contributed by atoms with Crippen LogP contribution in [0.4, 0.5) is 0 Å². The van der Waals surface area contributed by atoms with Gasteiger partial charge < -0.3 is 9.84 Å². The highest BCUT2D eigenvalue weighted by Gasteiger charge is 2.58. The molecule has 0 radical (unpaired) electrons. The molecule has 2 nitrogen and oxygen atoms in total. The number of unbranched alkanes of at least 4 members (excludes halogenated alkanes) is 1. The summed E-state index contributed by atoms with van der Waals surface area (Å²) in [5, 5.41) is 9.12. The molecule has 0 aromatic heterocycles. The quantitative estimate of drug-likeness (QED) is 0.336. The van der Waals surface area contributed by atoms with Gasteiger partial charge in [-0.05, 0) is 98.2 Å². The number of aliphatic hydroxyl groups excluding tert-OH is 1. The lowest BCUT2D eigenvalue weighted by molar-refractivity contribution is -0.0610. The summed E-state index contributed by atoms with van der Waals surface area (Å²) in [4.78, 5) is 0. The van der Waals surface area contributed by atoms with Crippen molar-refractivity contribution in [2.75, 3.05) is 13.2 Å². The van der Waals surface area contributed by atoms with E-state index in [4.69, 9.17) is 9.84 Å². The number of aliphatic hydroxyl groups is 1. The van der Waals surface area contributed by atoms with Crippen LogP contribution in [0.3, 0.4) is 0 Å². The fraction of sp³-hybridized carbons (Fsp3) is 0.929. The molecule has 0 aromatic carbocycles. The van der Waals surface area contributed by atoms with Gasteiger partial charge in [0.05, 0.1) is 19.3 Å². The van der Waals surface area contributed by atoms with Crippen LogP contribution in [0.5, 0.6) is 0 Å². The van der Waals surface area contributed by atoms with Crippen molar-refractivity contribution in [2.24, 2.45) is 40.4 Å². The highest BCUT2D eigenvalue weighted by atomic mass is 16.5. The number of fused-ring (bicyclic) bond motifs is 5. The van der Waals surface area contributed by atoms with Crippen molar-refractivity contribution >= 4 is 0 Å². The Labute approximate surface area is 186 Å². The minimum Gasteiger partial charge on any atom is -0.394 e. The molecule has 0 saturated heterocycles. The molecule has 0 heterocycles. The van der Waals surface area contributed by atoms with Crippen LogP contribution in [0.2, 0.25) is 0 Å². The Bertz CT molecular complexity index is 610. The van der Waals surface area contributed by atoms with E-state index in [1.54, 1.807) is 5.57 Å². The Morgan fingerprint density at radius 1 is 1.07 bits per heavy atom. The molecular weight excluding hydrogens is 368 g/mol. The lowest BCUT2D eigenvalue weighted by Gasteiger charge is -2.58. The molecule has 4 rings (SSSR count). The molecule has 7 atom stereocenters. The maximum atomic E-state index is 9.12. The van der Waals surface area contributed by atoms with Crippen molar-refractivity contribution < 1.29 is 9.84 Å². The highest BCUT2D eigenvalue weighted by molar-refractivity contribution is 5.25. The molecule has 3 saturated carbocycles. The molecule has 0 spiro atoms. The summed E-state index contributed by atoms with van der Waals surface area (Å²) >= 11 is 0. The van der Waals surface area contributed by atoms with Crippen LogP contribution in [0.15, 0.2) is 11.6 Å². The van der Waals surface area contributed by atoms with Gasteiger partial charge in [0, 0.05) is 0 Å². The zero-order valence-corrected chi connectivity index (χ0v) is 20.3. The predicted molar refractivity (Wildman–Crippen MR) is 125 cm³/mol. The summed E-state index contributed by atoms with van der Waals surface area (Å²) in [5.74, 6) is 4.63. The molecule has 30 heavy (non-hydrogen) atoms. The van der Waals surface area contributed by atoms with Gasteiger partial charge in [0.2, 0.25) is 0 Å². The van der Waals surface area contributed by atoms with Gasteiger partial charge in [-0.2, -0.15) is 0 Å². The summed E-state index contributed by atoms with van der Waals surface area (Å²) in [6.07, 6.45) is 19.6. The number of allylic oxidation sites excluding steroid dienone is 1. The normalized spacial score (nSPS) is 43.1. The second-order valence-corrected chi connectivity index (χ2v) is 12.2. The first kappa shape index (κ1) is 22.8. The van der Waals surface area contributed by atoms with Crippen molar-refractivity contribution in [3.63, 3.8) is 0 Å². The van der Waals surface area contributed by atoms with Gasteiger partial charge in [-0.15, -0.1) is 0 Å². The van der Waals surface area contributed by atoms with Crippen molar-refractivity contribution in [1.29, 1.82) is 0 Å². The SMILES string of the molecule is CC(C)CCCC[C@H]1CC[C@H]2[C@@H]3CC=C4C[C@@H](OCCO)CC[C@]4(C)[C@H]3CC[C@]12C. The van der Waals surface area contributed by atoms with Crippen molar-refractivity contribution in [3.05, 3.63) is 11.6 Å². The monoisotopic (exact) mass is 416 g/mol. The number of hydrogen-bond acceptors (Lipinski definition) is 2. The maximum Gasteiger partial charge on any atom is 0.0701 e. The summed E-state index contributed by atoms with van der Waals surface area (Å²) < 4.78 is 5.93. The van der Waals surface area contributed by atoms with Crippen LogP contribution in [0.1, 0.15) is 105 Å². The van der Waals surface area contributed by atoms with E-state index in [1.165, 1.54) is 70.6 Å². The molecule has 4 aliphatic rings. The van der Waals surface area contributed by atoms with Gasteiger partial charge >= 0.3 is 0 Å². The van der Waals surface area contributed by atoms with Gasteiger partial charge in [0.25, 0.3) is 0 Å². The summed E-state index contributed by atoms with van der Waals surface area (Å²) in [6.45, 7) is 10.7. The van der Waals surface area contributed by atoms with E-state index in [1.807, 2.05) is 0 Å². The molecule has 2 heteroatoms. The lowest BCUT2D eigenvalue weighted by Crippen LogP contribution is -2.50. The summed E-state index contributed by atoms with van der Waals surface area (Å²) in [6, 6.07) is 0. The largest absolute Gasteiger partial charge is 0.394 e. The Morgan fingerprint density at radius 3 is 2.67 bits per heavy atom. The molecule has 0 aliphatic heterocycles. The average Bonchev–Trinajstić information content (AvgIpc) is 3.05. The first-order valence-electron chi connectivity index (χ1n) is 13.3. The van der Waals surface area contributed by atoms with Crippen molar-refractivity contribution in [2.45, 2.75) is 111 Å². The van der Waals surface area contributed by atoms with Gasteiger partial charge in [-0.25, -0.2) is 0 Å². The third-order valence-corrected chi connectivity index (χ3v) is 10.3. The third-order valence-electron chi connectivity index (χ3n) is 10.3. The molecular formula is C28H48O2. The van der Waals surface area contributed by atoms with Crippen LogP contribution in [-0.2, 0) is 4.74 Å². The summed E-state index contributed by atoms with van der Waals surface area (Å²) in [5.41, 5.74) is 2.73. The number of hydrogen-bond donors (Lipinski definition) is 1. The second kappa shape index (κ2) is 9.26. The van der Waals surface area contributed by atoms with Crippen molar-refractivity contribution in [3.8, 4) is 0 Å². The Kier molecular flexibility index (Phi) is 7.05. The minimum absolute atomic E-state index is 0.149. The van der Waals surface area contributed by atoms with Crippen LogP contribution in [0, 0.1) is 40.4 Å². The molecule has 0 amide bonds. The highest BCUT2D eigenvalue weighted by Crippen LogP contribution is 2.66. The maximum absolute atomic E-state index is 9.12. The topological polar surface area (TPSA) is 29.5 Å². The van der Waals surface area contributed by atoms with Crippen molar-refractivity contribution in [1.82, 2.24) is 0 Å². The molecule has 3 fully saturated rings. The Balaban J connectivity index is 1.42. The smallest absolute Gasteiger partial charge is 0.0701 e. The fourth-order valence-electron chi connectivity index (χ4n) is 8.52. The molecule has 0 bridgehead atoms. The zero-order chi connectivity index (χ0) is 21.4. The summed E-state index contributed by atoms with van der Waals surface area (Å²) in [7, 11) is 0. The first-order chi connectivity index (χ1) is 14.4. The first-order valence-corrected chi connectivity index (χ1v) is 13.3. The van der Waals surface area contributed by atoms with Crippen LogP contribution in [-0.4, -0.2) is 24.4 Å². The van der Waals surface area contributed by atoms with Gasteiger partial charge in [0.15, 0.2) is 0 Å². The minimum atomic E-state index is 0.149. The molecule has 172 valence electrons. The Hall–Kier alpha value is -0.340. The van der Waals surface area contributed by atoms with E-state index in [9.17, 15) is 0 Å². The van der Waals surface area contributed by atoms with Crippen LogP contribution < -0.4 is 0 Å². The van der Waals surface area contributed by atoms with Gasteiger partial charge in [-0.3, -0.25) is 0 Å². The van der Waals surface area contributed by atoms with Crippen LogP contribution in [0.25, 0.3) is 0 Å². The molecule has 4 aliphatic carbocycles. The fourth-order valence-corrected chi connectivity index (χ4v) is 8.52. The van der Waals surface area contributed by atoms with E-state index in [-0.39, 0.29) is 6.61 Å². The predicted octanol–water partition coefficient (Wildman–Crippen LogP) is 7.16. The second-order valence-electron chi connectivity index (χ2n) is 12.2. The molecule has 0 unspecified atom stereocenters. The van der Waals surface area contributed by atoms with E-state index in [2.05, 4.69) is 33.8 Å². The van der Waals surface area contributed by atoms with Crippen LogP contribution >= 0.6 is 0 Å². The van der Waals surface area contributed by atoms with E-state index >= 15 is 0 Å². The average molecular weight is 417 g/mol. The number of rotatable bonds is 8. The van der Waals surface area contributed by atoms with E-state index < -0.39 is 0 Å². The molecule has 1 N–H and O–H groups in total. The van der Waals surface area contributed by atoms with Gasteiger partial charge in [0.1, 0.15) is 0 Å². The van der Waals surface area contributed by atoms with Gasteiger partial charge in [-0.1, -0.05) is 58.6 Å². The Morgan fingerprint density at radius 2 is 1.90 bits per heavy atom. The zero-order valence-electron chi connectivity index (χ0n) is 20.3. The van der Waals surface area contributed by atoms with E-state index in [0.29, 0.717) is 23.5 Å².